The maximum absolute atomic E-state index is 12.3. The van der Waals surface area contributed by atoms with Crippen LogP contribution in [-0.2, 0) is 16.1 Å². The molecule has 0 bridgehead atoms. The summed E-state index contributed by atoms with van der Waals surface area (Å²) in [5, 5.41) is 0. The van der Waals surface area contributed by atoms with Crippen molar-refractivity contribution >= 4 is 17.1 Å². The van der Waals surface area contributed by atoms with E-state index in [1.165, 1.54) is 0 Å². The third-order valence-electron chi connectivity index (χ3n) is 3.44. The quantitative estimate of drug-likeness (QED) is 0.734. The largest absolute Gasteiger partial charge is 0.465 e. The summed E-state index contributed by atoms with van der Waals surface area (Å²) in [6, 6.07) is 3.81. The van der Waals surface area contributed by atoms with Crippen LogP contribution in [0, 0.1) is 0 Å². The third-order valence-corrected chi connectivity index (χ3v) is 3.44. The number of aromatic nitrogens is 3. The average Bonchev–Trinajstić information content (AvgIpc) is 2.84. The Hall–Kier alpha value is -1.91. The van der Waals surface area contributed by atoms with Gasteiger partial charge in [-0.3, -0.25) is 4.79 Å². The van der Waals surface area contributed by atoms with Crippen LogP contribution < -0.4 is 0 Å². The summed E-state index contributed by atoms with van der Waals surface area (Å²) in [7, 11) is 0. The van der Waals surface area contributed by atoms with Crippen molar-refractivity contribution in [2.45, 2.75) is 52.5 Å². The molecule has 2 heterocycles. The van der Waals surface area contributed by atoms with Crippen molar-refractivity contribution in [3.63, 3.8) is 0 Å². The van der Waals surface area contributed by atoms with E-state index in [9.17, 15) is 4.79 Å². The molecule has 2 aromatic heterocycles. The van der Waals surface area contributed by atoms with Gasteiger partial charge < -0.3 is 9.30 Å². The summed E-state index contributed by atoms with van der Waals surface area (Å²) in [6.07, 6.45) is 4.38. The van der Waals surface area contributed by atoms with Crippen LogP contribution in [-0.4, -0.2) is 27.1 Å². The second-order valence-electron chi connectivity index (χ2n) is 5.06. The van der Waals surface area contributed by atoms with E-state index in [4.69, 9.17) is 4.74 Å². The van der Waals surface area contributed by atoms with Crippen molar-refractivity contribution < 1.29 is 9.53 Å². The predicted molar refractivity (Wildman–Crippen MR) is 82.1 cm³/mol. The number of aryl methyl sites for hydroxylation is 1. The number of fused-ring (bicyclic) bond motifs is 1. The van der Waals surface area contributed by atoms with E-state index in [1.807, 2.05) is 19.1 Å². The Morgan fingerprint density at radius 3 is 2.81 bits per heavy atom. The van der Waals surface area contributed by atoms with Crippen LogP contribution in [0.4, 0.5) is 0 Å². The Bertz CT molecular complexity index is 607. The Balaban J connectivity index is 2.50. The van der Waals surface area contributed by atoms with Gasteiger partial charge in [0.25, 0.3) is 0 Å². The van der Waals surface area contributed by atoms with Crippen molar-refractivity contribution in [1.29, 1.82) is 0 Å². The van der Waals surface area contributed by atoms with Gasteiger partial charge >= 0.3 is 5.97 Å². The molecule has 0 saturated carbocycles. The fourth-order valence-electron chi connectivity index (χ4n) is 2.57. The highest BCUT2D eigenvalue weighted by Crippen LogP contribution is 2.26. The SMILES string of the molecule is CCCC(C(=O)OCC)c1nc2cccnc2n1CCC. The van der Waals surface area contributed by atoms with Crippen LogP contribution in [0.5, 0.6) is 0 Å². The number of esters is 1. The maximum atomic E-state index is 12.3. The predicted octanol–water partition coefficient (Wildman–Crippen LogP) is 3.29. The van der Waals surface area contributed by atoms with Crippen LogP contribution in [0.2, 0.25) is 0 Å². The second kappa shape index (κ2) is 7.20. The van der Waals surface area contributed by atoms with Gasteiger partial charge in [0, 0.05) is 12.7 Å². The number of carbonyl (C=O) groups is 1. The van der Waals surface area contributed by atoms with Gasteiger partial charge in [-0.15, -0.1) is 0 Å². The molecule has 0 spiro atoms. The highest BCUT2D eigenvalue weighted by Gasteiger charge is 2.27. The molecule has 114 valence electrons. The lowest BCUT2D eigenvalue weighted by atomic mass is 10.0. The molecular weight excluding hydrogens is 266 g/mol. The fourth-order valence-corrected chi connectivity index (χ4v) is 2.57. The average molecular weight is 289 g/mol. The number of imidazole rings is 1. The fraction of sp³-hybridized carbons (Fsp3) is 0.562. The van der Waals surface area contributed by atoms with Crippen molar-refractivity contribution in [1.82, 2.24) is 14.5 Å². The molecule has 5 heteroatoms. The molecule has 2 aromatic rings. The molecule has 0 N–H and O–H groups in total. The number of rotatable bonds is 7. The van der Waals surface area contributed by atoms with Crippen LogP contribution in [0.15, 0.2) is 18.3 Å². The molecule has 0 aliphatic heterocycles. The molecular formula is C16H23N3O2. The smallest absolute Gasteiger partial charge is 0.316 e. The van der Waals surface area contributed by atoms with E-state index in [1.54, 1.807) is 6.20 Å². The molecule has 0 fully saturated rings. The molecule has 0 aliphatic rings. The second-order valence-corrected chi connectivity index (χ2v) is 5.06. The van der Waals surface area contributed by atoms with Gasteiger partial charge in [-0.05, 0) is 31.9 Å². The third kappa shape index (κ3) is 3.23. The molecule has 0 aliphatic carbocycles. The zero-order valence-electron chi connectivity index (χ0n) is 13.0. The number of nitrogens with zero attached hydrogens (tertiary/aromatic N) is 3. The van der Waals surface area contributed by atoms with Crippen LogP contribution in [0.1, 0.15) is 51.8 Å². The van der Waals surface area contributed by atoms with Gasteiger partial charge in [-0.1, -0.05) is 20.3 Å². The molecule has 1 atom stereocenters. The Labute approximate surface area is 125 Å². The molecule has 0 radical (unpaired) electrons. The normalized spacial score (nSPS) is 12.5. The first-order valence-electron chi connectivity index (χ1n) is 7.70. The van der Waals surface area contributed by atoms with E-state index in [-0.39, 0.29) is 11.9 Å². The molecule has 1 unspecified atom stereocenters. The van der Waals surface area contributed by atoms with Gasteiger partial charge in [-0.25, -0.2) is 9.97 Å². The van der Waals surface area contributed by atoms with Crippen molar-refractivity contribution in [2.24, 2.45) is 0 Å². The molecule has 0 amide bonds. The van der Waals surface area contributed by atoms with Crippen LogP contribution in [0.25, 0.3) is 11.2 Å². The van der Waals surface area contributed by atoms with E-state index in [2.05, 4.69) is 28.4 Å². The minimum atomic E-state index is -0.310. The van der Waals surface area contributed by atoms with Crippen molar-refractivity contribution in [3.8, 4) is 0 Å². The van der Waals surface area contributed by atoms with E-state index in [0.29, 0.717) is 6.61 Å². The van der Waals surface area contributed by atoms with Gasteiger partial charge in [0.05, 0.1) is 6.61 Å². The number of carbonyl (C=O) groups excluding carboxylic acids is 1. The number of hydrogen-bond donors (Lipinski definition) is 0. The lowest BCUT2D eigenvalue weighted by molar-refractivity contribution is -0.145. The van der Waals surface area contributed by atoms with Crippen molar-refractivity contribution in [3.05, 3.63) is 24.2 Å². The van der Waals surface area contributed by atoms with Gasteiger partial charge in [-0.2, -0.15) is 0 Å². The molecule has 2 rings (SSSR count). The number of hydrogen-bond acceptors (Lipinski definition) is 4. The van der Waals surface area contributed by atoms with E-state index in [0.717, 1.165) is 42.8 Å². The Morgan fingerprint density at radius 2 is 2.14 bits per heavy atom. The highest BCUT2D eigenvalue weighted by molar-refractivity contribution is 5.79. The first-order chi connectivity index (χ1) is 10.2. The Kier molecular flexibility index (Phi) is 5.31. The molecule has 0 saturated heterocycles. The van der Waals surface area contributed by atoms with Gasteiger partial charge in [0.2, 0.25) is 0 Å². The standard InChI is InChI=1S/C16H23N3O2/c1-4-8-12(16(20)21-6-3)14-18-13-9-7-10-17-15(13)19(14)11-5-2/h7,9-10,12H,4-6,8,11H2,1-3H3. The monoisotopic (exact) mass is 289 g/mol. The first kappa shape index (κ1) is 15.5. The molecule has 21 heavy (non-hydrogen) atoms. The zero-order valence-corrected chi connectivity index (χ0v) is 13.0. The Morgan fingerprint density at radius 1 is 1.33 bits per heavy atom. The summed E-state index contributed by atoms with van der Waals surface area (Å²) < 4.78 is 7.29. The lowest BCUT2D eigenvalue weighted by Crippen LogP contribution is -2.20. The number of pyridine rings is 1. The summed E-state index contributed by atoms with van der Waals surface area (Å²) in [4.78, 5) is 21.3. The summed E-state index contributed by atoms with van der Waals surface area (Å²) >= 11 is 0. The summed E-state index contributed by atoms with van der Waals surface area (Å²) in [5.41, 5.74) is 1.69. The van der Waals surface area contributed by atoms with E-state index >= 15 is 0 Å². The zero-order chi connectivity index (χ0) is 15.2. The van der Waals surface area contributed by atoms with Crippen molar-refractivity contribution in [2.75, 3.05) is 6.61 Å². The number of ether oxygens (including phenoxy) is 1. The van der Waals surface area contributed by atoms with E-state index < -0.39 is 0 Å². The molecule has 5 nitrogen and oxygen atoms in total. The van der Waals surface area contributed by atoms with Gasteiger partial charge in [0.1, 0.15) is 17.3 Å². The van der Waals surface area contributed by atoms with Crippen LogP contribution >= 0.6 is 0 Å². The highest BCUT2D eigenvalue weighted by atomic mass is 16.5. The first-order valence-corrected chi connectivity index (χ1v) is 7.70. The molecule has 0 aromatic carbocycles. The minimum Gasteiger partial charge on any atom is -0.465 e. The topological polar surface area (TPSA) is 57.0 Å². The lowest BCUT2D eigenvalue weighted by Gasteiger charge is -2.16. The maximum Gasteiger partial charge on any atom is 0.316 e. The van der Waals surface area contributed by atoms with Gasteiger partial charge in [0.15, 0.2) is 5.65 Å². The summed E-state index contributed by atoms with van der Waals surface area (Å²) in [6.45, 7) is 7.21. The minimum absolute atomic E-state index is 0.188. The summed E-state index contributed by atoms with van der Waals surface area (Å²) in [5.74, 6) is 0.286. The van der Waals surface area contributed by atoms with Crippen LogP contribution in [0.3, 0.4) is 0 Å².